The van der Waals surface area contributed by atoms with E-state index in [1.165, 1.54) is 0 Å². The minimum absolute atomic E-state index is 0.0342. The summed E-state index contributed by atoms with van der Waals surface area (Å²) in [7, 11) is 0. The fourth-order valence-electron chi connectivity index (χ4n) is 1.42. The number of amides is 2. The third-order valence-corrected chi connectivity index (χ3v) is 2.62. The first kappa shape index (κ1) is 15.1. The van der Waals surface area contributed by atoms with E-state index in [4.69, 9.17) is 0 Å². The Bertz CT molecular complexity index is 458. The summed E-state index contributed by atoms with van der Waals surface area (Å²) >= 11 is 0. The van der Waals surface area contributed by atoms with E-state index in [-0.39, 0.29) is 35.3 Å². The van der Waals surface area contributed by atoms with Crippen LogP contribution in [0.2, 0.25) is 0 Å². The van der Waals surface area contributed by atoms with Crippen LogP contribution < -0.4 is 10.6 Å². The normalized spacial score (nSPS) is 12.1. The maximum Gasteiger partial charge on any atom is 0.270 e. The van der Waals surface area contributed by atoms with Crippen molar-refractivity contribution in [2.24, 2.45) is 0 Å². The monoisotopic (exact) mass is 263 g/mol. The Morgan fingerprint density at radius 3 is 2.11 bits per heavy atom. The molecule has 5 nitrogen and oxygen atoms in total. The molecule has 0 fully saturated rings. The highest BCUT2D eigenvalue weighted by Gasteiger charge is 2.13. The Kier molecular flexibility index (Phi) is 5.48. The largest absolute Gasteiger partial charge is 0.349 e. The molecule has 2 amide bonds. The van der Waals surface area contributed by atoms with Crippen LogP contribution in [0.4, 0.5) is 0 Å². The first-order chi connectivity index (χ1) is 8.93. The lowest BCUT2D eigenvalue weighted by Gasteiger charge is -2.12. The Labute approximate surface area is 113 Å². The van der Waals surface area contributed by atoms with Crippen LogP contribution in [-0.2, 0) is 0 Å². The molecule has 0 spiro atoms. The number of nitrogens with zero attached hydrogens (tertiary/aromatic N) is 1. The third kappa shape index (κ3) is 4.69. The molecular weight excluding hydrogens is 242 g/mol. The van der Waals surface area contributed by atoms with E-state index in [0.717, 1.165) is 6.42 Å². The lowest BCUT2D eigenvalue weighted by molar-refractivity contribution is 0.0931. The second-order valence-electron chi connectivity index (χ2n) is 4.82. The highest BCUT2D eigenvalue weighted by Crippen LogP contribution is 2.01. The van der Waals surface area contributed by atoms with Crippen molar-refractivity contribution in [3.8, 4) is 0 Å². The van der Waals surface area contributed by atoms with E-state index in [1.54, 1.807) is 18.2 Å². The van der Waals surface area contributed by atoms with Gasteiger partial charge >= 0.3 is 0 Å². The zero-order valence-electron chi connectivity index (χ0n) is 11.9. The number of hydrogen-bond donors (Lipinski definition) is 2. The fraction of sp³-hybridized carbons (Fsp3) is 0.500. The van der Waals surface area contributed by atoms with Crippen LogP contribution >= 0.6 is 0 Å². The summed E-state index contributed by atoms with van der Waals surface area (Å²) in [6.07, 6.45) is 0.846. The average Bonchev–Trinajstić information content (AvgIpc) is 2.37. The van der Waals surface area contributed by atoms with Crippen molar-refractivity contribution in [3.05, 3.63) is 29.6 Å². The zero-order chi connectivity index (χ0) is 14.4. The van der Waals surface area contributed by atoms with E-state index in [0.29, 0.717) is 0 Å². The van der Waals surface area contributed by atoms with Gasteiger partial charge < -0.3 is 10.6 Å². The van der Waals surface area contributed by atoms with Crippen LogP contribution in [0, 0.1) is 0 Å². The average molecular weight is 263 g/mol. The van der Waals surface area contributed by atoms with Gasteiger partial charge in [0, 0.05) is 12.1 Å². The Morgan fingerprint density at radius 2 is 1.63 bits per heavy atom. The van der Waals surface area contributed by atoms with Crippen LogP contribution in [-0.4, -0.2) is 28.9 Å². The molecular formula is C14H21N3O2. The van der Waals surface area contributed by atoms with E-state index in [9.17, 15) is 9.59 Å². The van der Waals surface area contributed by atoms with Crippen molar-refractivity contribution in [2.75, 3.05) is 0 Å². The molecule has 1 aromatic rings. The molecule has 19 heavy (non-hydrogen) atoms. The predicted molar refractivity (Wildman–Crippen MR) is 74.1 cm³/mol. The highest BCUT2D eigenvalue weighted by atomic mass is 16.2. The molecule has 1 aromatic heterocycles. The number of pyridine rings is 1. The lowest BCUT2D eigenvalue weighted by atomic mass is 10.2. The molecule has 0 aliphatic heterocycles. The van der Waals surface area contributed by atoms with Crippen LogP contribution in [0.5, 0.6) is 0 Å². The first-order valence-corrected chi connectivity index (χ1v) is 6.52. The second kappa shape index (κ2) is 6.87. The summed E-state index contributed by atoms with van der Waals surface area (Å²) in [5.74, 6) is -0.526. The van der Waals surface area contributed by atoms with Crippen LogP contribution in [0.3, 0.4) is 0 Å². The zero-order valence-corrected chi connectivity index (χ0v) is 11.9. The Balaban J connectivity index is 2.82. The molecule has 1 rings (SSSR count). The molecule has 1 heterocycles. The summed E-state index contributed by atoms with van der Waals surface area (Å²) in [6.45, 7) is 7.66. The van der Waals surface area contributed by atoms with Crippen molar-refractivity contribution in [1.29, 1.82) is 0 Å². The van der Waals surface area contributed by atoms with Crippen molar-refractivity contribution in [2.45, 2.75) is 46.2 Å². The SMILES string of the molecule is CCC(C)NC(=O)c1cccc(C(=O)NC(C)C)n1. The predicted octanol–water partition coefficient (Wildman–Crippen LogP) is 1.75. The van der Waals surface area contributed by atoms with Gasteiger partial charge in [-0.15, -0.1) is 0 Å². The summed E-state index contributed by atoms with van der Waals surface area (Å²) < 4.78 is 0. The number of carbonyl (C=O) groups excluding carboxylic acids is 2. The molecule has 1 unspecified atom stereocenters. The Morgan fingerprint density at radius 1 is 1.11 bits per heavy atom. The van der Waals surface area contributed by atoms with Gasteiger partial charge in [0.15, 0.2) is 0 Å². The number of hydrogen-bond acceptors (Lipinski definition) is 3. The summed E-state index contributed by atoms with van der Waals surface area (Å²) in [5, 5.41) is 5.56. The molecule has 0 bridgehead atoms. The molecule has 0 saturated heterocycles. The molecule has 2 N–H and O–H groups in total. The highest BCUT2D eigenvalue weighted by molar-refractivity contribution is 5.96. The third-order valence-electron chi connectivity index (χ3n) is 2.62. The minimum atomic E-state index is -0.270. The summed E-state index contributed by atoms with van der Waals surface area (Å²) in [6, 6.07) is 4.98. The smallest absolute Gasteiger partial charge is 0.270 e. The lowest BCUT2D eigenvalue weighted by Crippen LogP contribution is -2.34. The molecule has 0 radical (unpaired) electrons. The summed E-state index contributed by atoms with van der Waals surface area (Å²) in [4.78, 5) is 27.8. The van der Waals surface area contributed by atoms with Crippen LogP contribution in [0.15, 0.2) is 18.2 Å². The van der Waals surface area contributed by atoms with E-state index in [2.05, 4.69) is 15.6 Å². The topological polar surface area (TPSA) is 71.1 Å². The number of nitrogens with one attached hydrogen (secondary N) is 2. The van der Waals surface area contributed by atoms with Gasteiger partial charge in [-0.05, 0) is 39.3 Å². The standard InChI is InChI=1S/C14H21N3O2/c1-5-10(4)16-14(19)12-8-6-7-11(17-12)13(18)15-9(2)3/h6-10H,5H2,1-4H3,(H,15,18)(H,16,19). The second-order valence-corrected chi connectivity index (χ2v) is 4.82. The van der Waals surface area contributed by atoms with Crippen molar-refractivity contribution in [3.63, 3.8) is 0 Å². The van der Waals surface area contributed by atoms with E-state index in [1.807, 2.05) is 27.7 Å². The quantitative estimate of drug-likeness (QED) is 0.850. The van der Waals surface area contributed by atoms with Gasteiger partial charge in [-0.1, -0.05) is 13.0 Å². The number of rotatable bonds is 5. The van der Waals surface area contributed by atoms with Crippen LogP contribution in [0.1, 0.15) is 55.1 Å². The summed E-state index contributed by atoms with van der Waals surface area (Å²) in [5.41, 5.74) is 0.516. The van der Waals surface area contributed by atoms with Gasteiger partial charge in [-0.25, -0.2) is 4.98 Å². The maximum absolute atomic E-state index is 11.9. The molecule has 0 saturated carbocycles. The van der Waals surface area contributed by atoms with E-state index >= 15 is 0 Å². The van der Waals surface area contributed by atoms with Gasteiger partial charge in [0.2, 0.25) is 0 Å². The number of aromatic nitrogens is 1. The molecule has 104 valence electrons. The Hall–Kier alpha value is -1.91. The van der Waals surface area contributed by atoms with Crippen LogP contribution in [0.25, 0.3) is 0 Å². The molecule has 0 aliphatic carbocycles. The molecule has 1 atom stereocenters. The van der Waals surface area contributed by atoms with Gasteiger partial charge in [-0.2, -0.15) is 0 Å². The van der Waals surface area contributed by atoms with Crippen molar-refractivity contribution < 1.29 is 9.59 Å². The van der Waals surface area contributed by atoms with Gasteiger partial charge in [-0.3, -0.25) is 9.59 Å². The van der Waals surface area contributed by atoms with E-state index < -0.39 is 0 Å². The van der Waals surface area contributed by atoms with Crippen molar-refractivity contribution in [1.82, 2.24) is 15.6 Å². The van der Waals surface area contributed by atoms with Gasteiger partial charge in [0.25, 0.3) is 11.8 Å². The van der Waals surface area contributed by atoms with Gasteiger partial charge in [0.05, 0.1) is 0 Å². The number of carbonyl (C=O) groups is 2. The molecule has 0 aliphatic rings. The fourth-order valence-corrected chi connectivity index (χ4v) is 1.42. The van der Waals surface area contributed by atoms with Gasteiger partial charge in [0.1, 0.15) is 11.4 Å². The van der Waals surface area contributed by atoms with Crippen molar-refractivity contribution >= 4 is 11.8 Å². The maximum atomic E-state index is 11.9. The minimum Gasteiger partial charge on any atom is -0.349 e. The molecule has 5 heteroatoms. The molecule has 0 aromatic carbocycles. The first-order valence-electron chi connectivity index (χ1n) is 6.52.